The molecule has 2 unspecified atom stereocenters. The van der Waals surface area contributed by atoms with Crippen LogP contribution in [-0.4, -0.2) is 61.8 Å². The Bertz CT molecular complexity index is 1470. The fourth-order valence-electron chi connectivity index (χ4n) is 5.40. The second-order valence-corrected chi connectivity index (χ2v) is 12.4. The third kappa shape index (κ3) is 6.41. The summed E-state index contributed by atoms with van der Waals surface area (Å²) in [6.45, 7) is -0.205. The first-order valence-corrected chi connectivity index (χ1v) is 15.5. The van der Waals surface area contributed by atoms with Crippen LogP contribution in [0.4, 0.5) is 10.5 Å². The van der Waals surface area contributed by atoms with Crippen molar-refractivity contribution in [1.29, 1.82) is 0 Å². The number of amides is 3. The van der Waals surface area contributed by atoms with Crippen molar-refractivity contribution in [3.63, 3.8) is 0 Å². The summed E-state index contributed by atoms with van der Waals surface area (Å²) in [5, 5.41) is 26.9. The minimum absolute atomic E-state index is 0.110. The number of hydrogen-bond acceptors (Lipinski definition) is 10. The lowest BCUT2D eigenvalue weighted by molar-refractivity contribution is -0.384. The van der Waals surface area contributed by atoms with Crippen molar-refractivity contribution >= 4 is 58.4 Å². The SMILES string of the molecule is O=C(NC(C(=O)NC1C(=O)N2C(C(=O)O)=C(C(=O)C3CCCCC3)CS[C@H]12)c1cccs1)OCc1ccc([N+](=O)[O-])cc1. The van der Waals surface area contributed by atoms with Crippen molar-refractivity contribution in [2.45, 2.75) is 56.2 Å². The number of rotatable bonds is 10. The number of thioether (sulfide) groups is 1. The maximum absolute atomic E-state index is 13.4. The van der Waals surface area contributed by atoms with Crippen LogP contribution in [0.5, 0.6) is 0 Å². The number of benzene rings is 1. The van der Waals surface area contributed by atoms with E-state index in [4.69, 9.17) is 4.74 Å². The molecule has 5 rings (SSSR count). The second-order valence-electron chi connectivity index (χ2n) is 10.3. The van der Waals surface area contributed by atoms with Crippen molar-refractivity contribution in [3.05, 3.63) is 73.6 Å². The molecule has 43 heavy (non-hydrogen) atoms. The summed E-state index contributed by atoms with van der Waals surface area (Å²) in [5.74, 6) is -3.07. The molecule has 3 heterocycles. The fourth-order valence-corrected chi connectivity index (χ4v) is 7.52. The number of ether oxygens (including phenoxy) is 1. The zero-order valence-electron chi connectivity index (χ0n) is 22.7. The van der Waals surface area contributed by atoms with Crippen LogP contribution in [0.1, 0.15) is 48.6 Å². The molecule has 2 aliphatic heterocycles. The van der Waals surface area contributed by atoms with Crippen LogP contribution in [0.25, 0.3) is 0 Å². The van der Waals surface area contributed by atoms with E-state index >= 15 is 0 Å². The number of fused-ring (bicyclic) bond motifs is 1. The highest BCUT2D eigenvalue weighted by atomic mass is 32.2. The number of aliphatic carboxylic acids is 1. The Labute approximate surface area is 253 Å². The Hall–Kier alpha value is -4.24. The number of thiophene rings is 1. The topological polar surface area (TPSA) is 185 Å². The largest absolute Gasteiger partial charge is 0.477 e. The second kappa shape index (κ2) is 13.0. The van der Waals surface area contributed by atoms with Gasteiger partial charge in [0.15, 0.2) is 5.78 Å². The molecule has 1 saturated carbocycles. The average Bonchev–Trinajstić information content (AvgIpc) is 3.55. The molecule has 0 bridgehead atoms. The molecule has 1 saturated heterocycles. The number of nitro groups is 1. The van der Waals surface area contributed by atoms with E-state index in [0.717, 1.165) is 24.2 Å². The Morgan fingerprint density at radius 2 is 1.84 bits per heavy atom. The summed E-state index contributed by atoms with van der Waals surface area (Å²) < 4.78 is 5.21. The van der Waals surface area contributed by atoms with E-state index in [1.54, 1.807) is 17.5 Å². The molecule has 0 radical (unpaired) electrons. The zero-order chi connectivity index (χ0) is 30.7. The Kier molecular flexibility index (Phi) is 9.11. The number of β-lactam (4-membered cyclic amide) rings is 1. The number of carboxylic acid groups (broad SMARTS) is 1. The maximum Gasteiger partial charge on any atom is 0.408 e. The fraction of sp³-hybridized carbons (Fsp3) is 0.393. The van der Waals surface area contributed by atoms with E-state index in [1.807, 2.05) is 0 Å². The van der Waals surface area contributed by atoms with E-state index in [0.29, 0.717) is 23.3 Å². The monoisotopic (exact) mass is 628 g/mol. The van der Waals surface area contributed by atoms with Crippen LogP contribution in [0.3, 0.4) is 0 Å². The molecular weight excluding hydrogens is 600 g/mol. The zero-order valence-corrected chi connectivity index (χ0v) is 24.4. The highest BCUT2D eigenvalue weighted by molar-refractivity contribution is 8.00. The minimum atomic E-state index is -1.36. The Balaban J connectivity index is 1.25. The summed E-state index contributed by atoms with van der Waals surface area (Å²) in [6, 6.07) is 6.49. The van der Waals surface area contributed by atoms with Crippen LogP contribution in [0.15, 0.2) is 53.0 Å². The quantitative estimate of drug-likeness (QED) is 0.200. The van der Waals surface area contributed by atoms with Gasteiger partial charge in [-0.25, -0.2) is 9.59 Å². The van der Waals surface area contributed by atoms with Gasteiger partial charge in [0.1, 0.15) is 29.8 Å². The lowest BCUT2D eigenvalue weighted by Gasteiger charge is -2.49. The molecular formula is C28H28N4O9S2. The lowest BCUT2D eigenvalue weighted by atomic mass is 9.83. The lowest BCUT2D eigenvalue weighted by Crippen LogP contribution is -2.71. The van der Waals surface area contributed by atoms with Gasteiger partial charge in [-0.3, -0.25) is 29.4 Å². The molecule has 1 aliphatic carbocycles. The highest BCUT2D eigenvalue weighted by Crippen LogP contribution is 2.42. The van der Waals surface area contributed by atoms with Gasteiger partial charge in [-0.2, -0.15) is 0 Å². The molecule has 1 aromatic heterocycles. The number of carbonyl (C=O) groups excluding carboxylic acids is 4. The van der Waals surface area contributed by atoms with E-state index in [2.05, 4.69) is 10.6 Å². The van der Waals surface area contributed by atoms with Gasteiger partial charge in [-0.05, 0) is 42.0 Å². The van der Waals surface area contributed by atoms with Gasteiger partial charge in [0.25, 0.3) is 11.6 Å². The van der Waals surface area contributed by atoms with Crippen molar-refractivity contribution in [2.24, 2.45) is 5.92 Å². The predicted molar refractivity (Wildman–Crippen MR) is 155 cm³/mol. The highest BCUT2D eigenvalue weighted by Gasteiger charge is 2.55. The van der Waals surface area contributed by atoms with Gasteiger partial charge in [0.05, 0.1) is 4.92 Å². The first-order chi connectivity index (χ1) is 20.7. The average molecular weight is 629 g/mol. The van der Waals surface area contributed by atoms with Crippen molar-refractivity contribution < 1.29 is 38.7 Å². The molecule has 0 spiro atoms. The van der Waals surface area contributed by atoms with Gasteiger partial charge in [-0.1, -0.05) is 25.3 Å². The van der Waals surface area contributed by atoms with Crippen molar-refractivity contribution in [2.75, 3.05) is 5.75 Å². The third-order valence-electron chi connectivity index (χ3n) is 7.61. The molecule has 3 N–H and O–H groups in total. The standard InChI is InChI=1S/C28H28N4O9S2/c33-23(16-5-2-1-3-6-16)18-14-43-26-21(25(35)31(26)22(18)27(36)37)29-24(34)20(19-7-4-12-42-19)30-28(38)41-13-15-8-10-17(11-9-15)32(39)40/h4,7-12,16,20-21,26H,1-3,5-6,13-14H2,(H,29,34)(H,30,38)(H,36,37)/t20?,21?,26-/m1/s1. The smallest absolute Gasteiger partial charge is 0.408 e. The predicted octanol–water partition coefficient (Wildman–Crippen LogP) is 3.51. The van der Waals surface area contributed by atoms with E-state index in [-0.39, 0.29) is 41.0 Å². The number of carbonyl (C=O) groups is 5. The van der Waals surface area contributed by atoms with Gasteiger partial charge in [-0.15, -0.1) is 23.1 Å². The van der Waals surface area contributed by atoms with E-state index < -0.39 is 46.3 Å². The summed E-state index contributed by atoms with van der Waals surface area (Å²) in [4.78, 5) is 76.4. The third-order valence-corrected chi connectivity index (χ3v) is 9.83. The van der Waals surface area contributed by atoms with Crippen LogP contribution in [-0.2, 0) is 30.5 Å². The summed E-state index contributed by atoms with van der Waals surface area (Å²) in [7, 11) is 0. The molecule has 3 amide bonds. The number of nitro benzene ring substituents is 1. The first-order valence-electron chi connectivity index (χ1n) is 13.6. The van der Waals surface area contributed by atoms with Crippen molar-refractivity contribution in [1.82, 2.24) is 15.5 Å². The molecule has 3 atom stereocenters. The normalized spacial score (nSPS) is 20.8. The molecule has 226 valence electrons. The van der Waals surface area contributed by atoms with Gasteiger partial charge < -0.3 is 20.5 Å². The molecule has 13 nitrogen and oxygen atoms in total. The van der Waals surface area contributed by atoms with Gasteiger partial charge in [0, 0.05) is 34.3 Å². The van der Waals surface area contributed by atoms with E-state index in [9.17, 15) is 39.2 Å². The molecule has 2 aromatic rings. The van der Waals surface area contributed by atoms with Crippen molar-refractivity contribution in [3.8, 4) is 0 Å². The van der Waals surface area contributed by atoms with Crippen LogP contribution < -0.4 is 10.6 Å². The number of Topliss-reactive ketones (excluding diaryl/α,β-unsaturated/α-hetero) is 1. The molecule has 2 fully saturated rings. The molecule has 1 aromatic carbocycles. The van der Waals surface area contributed by atoms with Gasteiger partial charge in [0.2, 0.25) is 5.91 Å². The minimum Gasteiger partial charge on any atom is -0.477 e. The Morgan fingerprint density at radius 3 is 2.47 bits per heavy atom. The summed E-state index contributed by atoms with van der Waals surface area (Å²) in [6.07, 6.45) is 3.32. The number of hydrogen-bond donors (Lipinski definition) is 3. The first kappa shape index (κ1) is 30.2. The van der Waals surface area contributed by atoms with Gasteiger partial charge >= 0.3 is 12.1 Å². The number of non-ortho nitro benzene ring substituents is 1. The maximum atomic E-state index is 13.4. The van der Waals surface area contributed by atoms with Crippen LogP contribution in [0.2, 0.25) is 0 Å². The van der Waals surface area contributed by atoms with Crippen LogP contribution >= 0.6 is 23.1 Å². The van der Waals surface area contributed by atoms with Crippen LogP contribution in [0, 0.1) is 16.0 Å². The molecule has 3 aliphatic rings. The summed E-state index contributed by atoms with van der Waals surface area (Å²) >= 11 is 2.42. The Morgan fingerprint density at radius 1 is 1.12 bits per heavy atom. The number of nitrogens with zero attached hydrogens (tertiary/aromatic N) is 2. The number of nitrogens with one attached hydrogen (secondary N) is 2. The summed E-state index contributed by atoms with van der Waals surface area (Å²) in [5.41, 5.74) is 0.196. The number of carboxylic acids is 1. The number of alkyl carbamates (subject to hydrolysis) is 1. The number of ketones is 1. The van der Waals surface area contributed by atoms with E-state index in [1.165, 1.54) is 47.4 Å². The molecule has 15 heteroatoms.